The number of rotatable bonds is 5. The molecule has 2 heterocycles. The summed E-state index contributed by atoms with van der Waals surface area (Å²) < 4.78 is 10.1. The van der Waals surface area contributed by atoms with Gasteiger partial charge in [0.1, 0.15) is 6.04 Å². The van der Waals surface area contributed by atoms with Crippen LogP contribution in [0.2, 0.25) is 0 Å². The molecule has 1 amide bonds. The number of amides is 1. The Morgan fingerprint density at radius 1 is 1.59 bits per heavy atom. The third-order valence-corrected chi connectivity index (χ3v) is 2.54. The first-order chi connectivity index (χ1) is 8.29. The first kappa shape index (κ1) is 12.0. The number of aryl methyl sites for hydroxylation is 1. The Morgan fingerprint density at radius 2 is 2.47 bits per heavy atom. The van der Waals surface area contributed by atoms with Gasteiger partial charge in [-0.25, -0.2) is 0 Å². The minimum absolute atomic E-state index is 0.0129. The minimum Gasteiger partial charge on any atom is -0.385 e. The standard InChI is InChI=1S/C10H16N4O3/c1-16-4-2-3-8-13-10(17-14-8)7-5-12-9(15)6-11-7/h7,11H,2-6H2,1H3,(H,12,15). The highest BCUT2D eigenvalue weighted by molar-refractivity contribution is 5.78. The first-order valence-corrected chi connectivity index (χ1v) is 5.61. The topological polar surface area (TPSA) is 89.3 Å². The van der Waals surface area contributed by atoms with Crippen molar-refractivity contribution in [3.63, 3.8) is 0 Å². The Kier molecular flexibility index (Phi) is 4.05. The Bertz CT molecular complexity index is 369. The lowest BCUT2D eigenvalue weighted by Crippen LogP contribution is -2.47. The number of ether oxygens (including phenoxy) is 1. The minimum atomic E-state index is -0.0867. The zero-order chi connectivity index (χ0) is 12.1. The number of hydrogen-bond donors (Lipinski definition) is 2. The van der Waals surface area contributed by atoms with Gasteiger partial charge in [-0.3, -0.25) is 10.1 Å². The van der Waals surface area contributed by atoms with Crippen LogP contribution in [-0.2, 0) is 16.0 Å². The molecule has 1 fully saturated rings. The molecule has 7 nitrogen and oxygen atoms in total. The highest BCUT2D eigenvalue weighted by atomic mass is 16.5. The summed E-state index contributed by atoms with van der Waals surface area (Å²) in [5, 5.41) is 9.66. The van der Waals surface area contributed by atoms with E-state index >= 15 is 0 Å². The van der Waals surface area contributed by atoms with Gasteiger partial charge in [-0.2, -0.15) is 4.98 Å². The zero-order valence-electron chi connectivity index (χ0n) is 9.73. The molecule has 0 spiro atoms. The van der Waals surface area contributed by atoms with Crippen LogP contribution in [0.1, 0.15) is 24.2 Å². The fourth-order valence-electron chi connectivity index (χ4n) is 1.63. The predicted molar refractivity (Wildman–Crippen MR) is 58.2 cm³/mol. The van der Waals surface area contributed by atoms with Gasteiger partial charge in [-0.05, 0) is 6.42 Å². The first-order valence-electron chi connectivity index (χ1n) is 5.61. The maximum absolute atomic E-state index is 11.0. The zero-order valence-corrected chi connectivity index (χ0v) is 9.73. The van der Waals surface area contributed by atoms with Crippen molar-refractivity contribution in [3.05, 3.63) is 11.7 Å². The van der Waals surface area contributed by atoms with Gasteiger partial charge in [0.25, 0.3) is 0 Å². The fraction of sp³-hybridized carbons (Fsp3) is 0.700. The summed E-state index contributed by atoms with van der Waals surface area (Å²) >= 11 is 0. The molecule has 1 saturated heterocycles. The van der Waals surface area contributed by atoms with Crippen molar-refractivity contribution in [1.82, 2.24) is 20.8 Å². The van der Waals surface area contributed by atoms with Crippen molar-refractivity contribution in [2.45, 2.75) is 18.9 Å². The van der Waals surface area contributed by atoms with Crippen LogP contribution in [0.3, 0.4) is 0 Å². The number of piperazine rings is 1. The number of hydrogen-bond acceptors (Lipinski definition) is 6. The molecule has 1 aromatic rings. The van der Waals surface area contributed by atoms with Crippen LogP contribution < -0.4 is 10.6 Å². The lowest BCUT2D eigenvalue weighted by atomic mass is 10.2. The van der Waals surface area contributed by atoms with E-state index < -0.39 is 0 Å². The van der Waals surface area contributed by atoms with Crippen LogP contribution in [0.25, 0.3) is 0 Å². The quantitative estimate of drug-likeness (QED) is 0.669. The third kappa shape index (κ3) is 3.24. The Hall–Kier alpha value is -1.47. The average Bonchev–Trinajstić information content (AvgIpc) is 2.79. The molecule has 0 radical (unpaired) electrons. The Morgan fingerprint density at radius 3 is 3.18 bits per heavy atom. The molecule has 1 aliphatic rings. The van der Waals surface area contributed by atoms with E-state index in [2.05, 4.69) is 20.8 Å². The van der Waals surface area contributed by atoms with Gasteiger partial charge in [-0.1, -0.05) is 5.16 Å². The van der Waals surface area contributed by atoms with Crippen LogP contribution in [0, 0.1) is 0 Å². The molecule has 1 atom stereocenters. The van der Waals surface area contributed by atoms with Gasteiger partial charge < -0.3 is 14.6 Å². The van der Waals surface area contributed by atoms with Crippen molar-refractivity contribution in [1.29, 1.82) is 0 Å². The van der Waals surface area contributed by atoms with E-state index in [0.717, 1.165) is 12.8 Å². The predicted octanol–water partition coefficient (Wildman–Crippen LogP) is -0.591. The fourth-order valence-corrected chi connectivity index (χ4v) is 1.63. The molecule has 1 unspecified atom stereocenters. The maximum Gasteiger partial charge on any atom is 0.245 e. The number of aromatic nitrogens is 2. The van der Waals surface area contributed by atoms with Gasteiger partial charge in [0.15, 0.2) is 5.82 Å². The molecule has 7 heteroatoms. The van der Waals surface area contributed by atoms with Gasteiger partial charge in [-0.15, -0.1) is 0 Å². The Labute approximate surface area is 98.9 Å². The van der Waals surface area contributed by atoms with Crippen LogP contribution >= 0.6 is 0 Å². The molecule has 0 aliphatic carbocycles. The highest BCUT2D eigenvalue weighted by Crippen LogP contribution is 2.12. The molecular formula is C10H16N4O3. The average molecular weight is 240 g/mol. The van der Waals surface area contributed by atoms with E-state index in [4.69, 9.17) is 9.26 Å². The van der Waals surface area contributed by atoms with Crippen molar-refractivity contribution in [2.75, 3.05) is 26.8 Å². The summed E-state index contributed by atoms with van der Waals surface area (Å²) in [4.78, 5) is 15.2. The monoisotopic (exact) mass is 240 g/mol. The second kappa shape index (κ2) is 5.74. The number of nitrogens with zero attached hydrogens (tertiary/aromatic N) is 2. The molecule has 2 N–H and O–H groups in total. The molecule has 0 saturated carbocycles. The van der Waals surface area contributed by atoms with Gasteiger partial charge in [0.2, 0.25) is 11.8 Å². The highest BCUT2D eigenvalue weighted by Gasteiger charge is 2.23. The van der Waals surface area contributed by atoms with E-state index in [0.29, 0.717) is 24.9 Å². The smallest absolute Gasteiger partial charge is 0.245 e. The summed E-state index contributed by atoms with van der Waals surface area (Å²) in [6.07, 6.45) is 1.60. The molecule has 1 aromatic heterocycles. The van der Waals surface area contributed by atoms with Crippen molar-refractivity contribution >= 4 is 5.91 Å². The Balaban J connectivity index is 1.87. The van der Waals surface area contributed by atoms with Crippen molar-refractivity contribution in [2.24, 2.45) is 0 Å². The van der Waals surface area contributed by atoms with Gasteiger partial charge in [0.05, 0.1) is 6.54 Å². The van der Waals surface area contributed by atoms with Crippen LogP contribution in [-0.4, -0.2) is 42.9 Å². The van der Waals surface area contributed by atoms with Crippen LogP contribution in [0.5, 0.6) is 0 Å². The summed E-state index contributed by atoms with van der Waals surface area (Å²) in [5.74, 6) is 1.19. The van der Waals surface area contributed by atoms with Crippen LogP contribution in [0.15, 0.2) is 4.52 Å². The second-order valence-electron chi connectivity index (χ2n) is 3.88. The van der Waals surface area contributed by atoms with Crippen molar-refractivity contribution < 1.29 is 14.1 Å². The normalized spacial score (nSPS) is 20.3. The second-order valence-corrected chi connectivity index (χ2v) is 3.88. The number of methoxy groups -OCH3 is 1. The van der Waals surface area contributed by atoms with E-state index in [9.17, 15) is 4.79 Å². The lowest BCUT2D eigenvalue weighted by molar-refractivity contribution is -0.121. The number of nitrogens with one attached hydrogen (secondary N) is 2. The van der Waals surface area contributed by atoms with E-state index in [1.54, 1.807) is 7.11 Å². The third-order valence-electron chi connectivity index (χ3n) is 2.54. The summed E-state index contributed by atoms with van der Waals surface area (Å²) in [6, 6.07) is -0.0867. The van der Waals surface area contributed by atoms with Crippen molar-refractivity contribution in [3.8, 4) is 0 Å². The van der Waals surface area contributed by atoms with Gasteiger partial charge >= 0.3 is 0 Å². The molecule has 0 bridgehead atoms. The largest absolute Gasteiger partial charge is 0.385 e. The van der Waals surface area contributed by atoms with E-state index in [1.807, 2.05) is 0 Å². The maximum atomic E-state index is 11.0. The molecule has 2 rings (SSSR count). The molecule has 0 aromatic carbocycles. The summed E-state index contributed by atoms with van der Waals surface area (Å²) in [6.45, 7) is 1.45. The summed E-state index contributed by atoms with van der Waals surface area (Å²) in [5.41, 5.74) is 0. The number of carbonyl (C=O) groups excluding carboxylic acids is 1. The molecular weight excluding hydrogens is 224 g/mol. The molecule has 17 heavy (non-hydrogen) atoms. The van der Waals surface area contributed by atoms with E-state index in [-0.39, 0.29) is 18.5 Å². The summed E-state index contributed by atoms with van der Waals surface area (Å²) in [7, 11) is 1.66. The van der Waals surface area contributed by atoms with Crippen LogP contribution in [0.4, 0.5) is 0 Å². The number of carbonyl (C=O) groups is 1. The van der Waals surface area contributed by atoms with Gasteiger partial charge in [0, 0.05) is 26.7 Å². The van der Waals surface area contributed by atoms with E-state index in [1.165, 1.54) is 0 Å². The molecule has 94 valence electrons. The SMILES string of the molecule is COCCCc1noc(C2CNC(=O)CN2)n1. The molecule has 1 aliphatic heterocycles. The lowest BCUT2D eigenvalue weighted by Gasteiger charge is -2.20.